The van der Waals surface area contributed by atoms with Crippen LogP contribution in [0.1, 0.15) is 23.2 Å². The van der Waals surface area contributed by atoms with Crippen molar-refractivity contribution in [2.45, 2.75) is 26.7 Å². The van der Waals surface area contributed by atoms with Crippen molar-refractivity contribution < 1.29 is 0 Å². The molecule has 2 N–H and O–H groups in total. The maximum atomic E-state index is 5.59. The van der Waals surface area contributed by atoms with Crippen LogP contribution in [0.5, 0.6) is 0 Å². The van der Waals surface area contributed by atoms with Crippen LogP contribution in [0.25, 0.3) is 10.9 Å². The third-order valence-corrected chi connectivity index (χ3v) is 3.41. The number of aryl methyl sites for hydroxylation is 3. The number of fused-ring (bicyclic) bond motifs is 1. The summed E-state index contributed by atoms with van der Waals surface area (Å²) in [7, 11) is 2.14. The monoisotopic (exact) mass is 216 g/mol. The van der Waals surface area contributed by atoms with Crippen LogP contribution in [0.2, 0.25) is 0 Å². The van der Waals surface area contributed by atoms with Gasteiger partial charge in [0.1, 0.15) is 0 Å². The van der Waals surface area contributed by atoms with E-state index in [0.717, 1.165) is 19.4 Å². The van der Waals surface area contributed by atoms with E-state index in [1.165, 1.54) is 27.7 Å². The minimum absolute atomic E-state index is 0.766. The highest BCUT2D eigenvalue weighted by atomic mass is 14.9. The molecule has 16 heavy (non-hydrogen) atoms. The van der Waals surface area contributed by atoms with Gasteiger partial charge in [-0.2, -0.15) is 0 Å². The number of nitrogens with zero attached hydrogens (tertiary/aromatic N) is 1. The van der Waals surface area contributed by atoms with Crippen molar-refractivity contribution >= 4 is 10.9 Å². The lowest BCUT2D eigenvalue weighted by Gasteiger charge is -2.00. The van der Waals surface area contributed by atoms with Crippen molar-refractivity contribution in [3.8, 4) is 0 Å². The van der Waals surface area contributed by atoms with Gasteiger partial charge in [-0.1, -0.05) is 12.1 Å². The molecule has 0 aliphatic heterocycles. The summed E-state index contributed by atoms with van der Waals surface area (Å²) in [6.07, 6.45) is 2.15. The first kappa shape index (κ1) is 11.2. The van der Waals surface area contributed by atoms with E-state index >= 15 is 0 Å². The molecule has 0 saturated carbocycles. The topological polar surface area (TPSA) is 30.9 Å². The van der Waals surface area contributed by atoms with Crippen molar-refractivity contribution in [3.63, 3.8) is 0 Å². The molecule has 0 unspecified atom stereocenters. The molecule has 0 fully saturated rings. The van der Waals surface area contributed by atoms with E-state index < -0.39 is 0 Å². The largest absolute Gasteiger partial charge is 0.348 e. The van der Waals surface area contributed by atoms with Gasteiger partial charge in [0.2, 0.25) is 0 Å². The fourth-order valence-corrected chi connectivity index (χ4v) is 2.35. The fourth-order valence-electron chi connectivity index (χ4n) is 2.35. The van der Waals surface area contributed by atoms with Gasteiger partial charge in [0.15, 0.2) is 0 Å². The van der Waals surface area contributed by atoms with Crippen LogP contribution < -0.4 is 5.73 Å². The number of hydrogen-bond acceptors (Lipinski definition) is 1. The number of aromatic nitrogens is 1. The zero-order chi connectivity index (χ0) is 11.7. The first-order chi connectivity index (χ1) is 7.65. The van der Waals surface area contributed by atoms with Crippen LogP contribution in [0.3, 0.4) is 0 Å². The maximum Gasteiger partial charge on any atom is 0.0485 e. The summed E-state index contributed by atoms with van der Waals surface area (Å²) in [5.41, 5.74) is 11.1. The molecule has 0 amide bonds. The molecule has 0 saturated heterocycles. The van der Waals surface area contributed by atoms with Crippen LogP contribution in [-0.4, -0.2) is 11.1 Å². The second-order valence-corrected chi connectivity index (χ2v) is 4.54. The Morgan fingerprint density at radius 2 is 2.00 bits per heavy atom. The normalized spacial score (nSPS) is 11.2. The number of hydrogen-bond donors (Lipinski definition) is 1. The van der Waals surface area contributed by atoms with Crippen molar-refractivity contribution in [2.75, 3.05) is 6.54 Å². The average molecular weight is 216 g/mol. The molecule has 2 aromatic rings. The smallest absolute Gasteiger partial charge is 0.0485 e. The molecule has 0 bridgehead atoms. The van der Waals surface area contributed by atoms with Crippen LogP contribution in [0.4, 0.5) is 0 Å². The fraction of sp³-hybridized carbons (Fsp3) is 0.429. The Morgan fingerprint density at radius 1 is 1.25 bits per heavy atom. The Labute approximate surface area is 97.1 Å². The number of benzene rings is 1. The van der Waals surface area contributed by atoms with Gasteiger partial charge in [0.25, 0.3) is 0 Å². The molecule has 0 radical (unpaired) electrons. The lowest BCUT2D eigenvalue weighted by atomic mass is 10.0. The van der Waals surface area contributed by atoms with E-state index in [9.17, 15) is 0 Å². The Balaban J connectivity index is 2.59. The van der Waals surface area contributed by atoms with Crippen LogP contribution in [-0.2, 0) is 13.5 Å². The summed E-state index contributed by atoms with van der Waals surface area (Å²) >= 11 is 0. The quantitative estimate of drug-likeness (QED) is 0.840. The van der Waals surface area contributed by atoms with Crippen molar-refractivity contribution in [3.05, 3.63) is 35.0 Å². The van der Waals surface area contributed by atoms with Gasteiger partial charge >= 0.3 is 0 Å². The molecule has 2 nitrogen and oxygen atoms in total. The molecular weight excluding hydrogens is 196 g/mol. The maximum absolute atomic E-state index is 5.59. The standard InChI is InChI=1S/C14H20N2/c1-10-6-7-13-12(5-4-8-15)11(2)16(3)14(13)9-10/h6-7,9H,4-5,8,15H2,1-3H3. The molecular formula is C14H20N2. The lowest BCUT2D eigenvalue weighted by molar-refractivity contribution is 0.816. The summed E-state index contributed by atoms with van der Waals surface area (Å²) in [5, 5.41) is 1.39. The molecule has 1 heterocycles. The zero-order valence-electron chi connectivity index (χ0n) is 10.4. The van der Waals surface area contributed by atoms with E-state index in [1.807, 2.05) is 0 Å². The van der Waals surface area contributed by atoms with Gasteiger partial charge in [-0.15, -0.1) is 0 Å². The molecule has 1 aromatic heterocycles. The van der Waals surface area contributed by atoms with Crippen LogP contribution >= 0.6 is 0 Å². The van der Waals surface area contributed by atoms with Gasteiger partial charge in [-0.05, 0) is 50.4 Å². The summed E-state index contributed by atoms with van der Waals surface area (Å²) < 4.78 is 2.29. The summed E-state index contributed by atoms with van der Waals surface area (Å²) in [5.74, 6) is 0. The third kappa shape index (κ3) is 1.74. The second-order valence-electron chi connectivity index (χ2n) is 4.54. The van der Waals surface area contributed by atoms with Crippen molar-refractivity contribution in [1.82, 2.24) is 4.57 Å². The first-order valence-electron chi connectivity index (χ1n) is 5.89. The molecule has 2 rings (SSSR count). The van der Waals surface area contributed by atoms with Crippen molar-refractivity contribution in [2.24, 2.45) is 12.8 Å². The van der Waals surface area contributed by atoms with E-state index in [-0.39, 0.29) is 0 Å². The van der Waals surface area contributed by atoms with E-state index in [2.05, 4.69) is 43.7 Å². The number of rotatable bonds is 3. The predicted molar refractivity (Wildman–Crippen MR) is 69.8 cm³/mol. The molecule has 0 atom stereocenters. The molecule has 1 aromatic carbocycles. The highest BCUT2D eigenvalue weighted by Gasteiger charge is 2.10. The third-order valence-electron chi connectivity index (χ3n) is 3.41. The highest BCUT2D eigenvalue weighted by Crippen LogP contribution is 2.26. The minimum Gasteiger partial charge on any atom is -0.348 e. The SMILES string of the molecule is Cc1ccc2c(CCCN)c(C)n(C)c2c1. The van der Waals surface area contributed by atoms with Crippen LogP contribution in [0, 0.1) is 13.8 Å². The van der Waals surface area contributed by atoms with Gasteiger partial charge in [0, 0.05) is 23.6 Å². The Kier molecular flexibility index (Phi) is 3.01. The Hall–Kier alpha value is -1.28. The molecule has 0 aliphatic rings. The minimum atomic E-state index is 0.766. The second kappa shape index (κ2) is 4.30. The molecule has 2 heteroatoms. The van der Waals surface area contributed by atoms with Gasteiger partial charge in [0.05, 0.1) is 0 Å². The molecule has 86 valence electrons. The van der Waals surface area contributed by atoms with Gasteiger partial charge in [-0.25, -0.2) is 0 Å². The van der Waals surface area contributed by atoms with Crippen LogP contribution in [0.15, 0.2) is 18.2 Å². The van der Waals surface area contributed by atoms with Crippen molar-refractivity contribution in [1.29, 1.82) is 0 Å². The summed E-state index contributed by atoms with van der Waals surface area (Å²) in [6, 6.07) is 6.69. The van der Waals surface area contributed by atoms with E-state index in [4.69, 9.17) is 5.73 Å². The highest BCUT2D eigenvalue weighted by molar-refractivity contribution is 5.86. The van der Waals surface area contributed by atoms with Gasteiger partial charge < -0.3 is 10.3 Å². The molecule has 0 aliphatic carbocycles. The average Bonchev–Trinajstić information content (AvgIpc) is 2.50. The summed E-state index contributed by atoms with van der Waals surface area (Å²) in [4.78, 5) is 0. The Bertz CT molecular complexity index is 509. The van der Waals surface area contributed by atoms with E-state index in [0.29, 0.717) is 0 Å². The first-order valence-corrected chi connectivity index (χ1v) is 5.89. The predicted octanol–water partition coefficient (Wildman–Crippen LogP) is 2.69. The number of nitrogens with two attached hydrogens (primary N) is 1. The van der Waals surface area contributed by atoms with Gasteiger partial charge in [-0.3, -0.25) is 0 Å². The Morgan fingerprint density at radius 3 is 2.69 bits per heavy atom. The lowest BCUT2D eigenvalue weighted by Crippen LogP contribution is -2.01. The zero-order valence-corrected chi connectivity index (χ0v) is 10.4. The molecule has 0 spiro atoms. The van der Waals surface area contributed by atoms with E-state index in [1.54, 1.807) is 0 Å². The summed E-state index contributed by atoms with van der Waals surface area (Å²) in [6.45, 7) is 5.10.